The van der Waals surface area contributed by atoms with Crippen LogP contribution in [-0.2, 0) is 9.59 Å². The second-order valence-electron chi connectivity index (χ2n) is 7.03. The molecule has 140 valence electrons. The number of carbonyl (C=O) groups excluding carboxylic acids is 1. The molecule has 2 aliphatic heterocycles. The first kappa shape index (κ1) is 20.7. The van der Waals surface area contributed by atoms with E-state index in [0.717, 1.165) is 13.1 Å². The molecule has 2 saturated heterocycles. The van der Waals surface area contributed by atoms with Gasteiger partial charge in [-0.25, -0.2) is 4.79 Å². The van der Waals surface area contributed by atoms with Crippen LogP contribution in [0, 0.1) is 5.92 Å². The topological polar surface area (TPSA) is 60.9 Å². The largest absolute Gasteiger partial charge is 0.490 e. The van der Waals surface area contributed by atoms with Crippen molar-refractivity contribution >= 4 is 11.9 Å². The maximum absolute atomic E-state index is 12.0. The third kappa shape index (κ3) is 5.65. The maximum atomic E-state index is 12.0. The molecule has 0 aromatic carbocycles. The fourth-order valence-electron chi connectivity index (χ4n) is 3.36. The zero-order valence-electron chi connectivity index (χ0n) is 14.5. The molecule has 2 fully saturated rings. The predicted molar refractivity (Wildman–Crippen MR) is 83.6 cm³/mol. The van der Waals surface area contributed by atoms with Crippen molar-refractivity contribution in [3.63, 3.8) is 0 Å². The van der Waals surface area contributed by atoms with Gasteiger partial charge >= 0.3 is 12.1 Å². The number of carboxylic acid groups (broad SMARTS) is 1. The van der Waals surface area contributed by atoms with Gasteiger partial charge in [-0.2, -0.15) is 13.2 Å². The van der Waals surface area contributed by atoms with E-state index < -0.39 is 12.1 Å². The summed E-state index contributed by atoms with van der Waals surface area (Å²) in [5.74, 6) is -1.92. The first-order chi connectivity index (χ1) is 11.0. The predicted octanol–water partition coefficient (Wildman–Crippen LogP) is 2.75. The average Bonchev–Trinajstić information content (AvgIpc) is 2.79. The average molecular weight is 352 g/mol. The molecular weight excluding hydrogens is 325 g/mol. The molecule has 0 unspecified atom stereocenters. The van der Waals surface area contributed by atoms with E-state index in [0.29, 0.717) is 23.8 Å². The van der Waals surface area contributed by atoms with Gasteiger partial charge < -0.3 is 14.9 Å². The molecule has 2 rings (SSSR count). The normalized spacial score (nSPS) is 20.9. The zero-order chi connectivity index (χ0) is 18.5. The molecule has 0 radical (unpaired) electrons. The highest BCUT2D eigenvalue weighted by molar-refractivity contribution is 5.76. The molecule has 5 nitrogen and oxygen atoms in total. The van der Waals surface area contributed by atoms with Crippen molar-refractivity contribution in [3.05, 3.63) is 0 Å². The number of aliphatic carboxylic acids is 1. The van der Waals surface area contributed by atoms with Gasteiger partial charge in [-0.15, -0.1) is 0 Å². The summed E-state index contributed by atoms with van der Waals surface area (Å²) in [5.41, 5.74) is 0.425. The summed E-state index contributed by atoms with van der Waals surface area (Å²) in [4.78, 5) is 25.5. The van der Waals surface area contributed by atoms with Gasteiger partial charge in [0.05, 0.1) is 0 Å². The van der Waals surface area contributed by atoms with Crippen molar-refractivity contribution in [1.29, 1.82) is 0 Å². The Bertz CT molecular complexity index is 444. The van der Waals surface area contributed by atoms with Crippen LogP contribution in [0.2, 0.25) is 0 Å². The molecule has 1 amide bonds. The Labute approximate surface area is 140 Å². The molecule has 0 saturated carbocycles. The second kappa shape index (κ2) is 8.18. The number of piperidine rings is 1. The van der Waals surface area contributed by atoms with Gasteiger partial charge in [0, 0.05) is 25.0 Å². The van der Waals surface area contributed by atoms with Crippen LogP contribution < -0.4 is 0 Å². The molecule has 24 heavy (non-hydrogen) atoms. The first-order valence-corrected chi connectivity index (χ1v) is 8.27. The molecule has 0 aromatic heterocycles. The summed E-state index contributed by atoms with van der Waals surface area (Å²) in [7, 11) is 2.25. The molecule has 8 heteroatoms. The van der Waals surface area contributed by atoms with Crippen LogP contribution in [0.25, 0.3) is 0 Å². The Balaban J connectivity index is 0.000000351. The van der Waals surface area contributed by atoms with Gasteiger partial charge in [-0.3, -0.25) is 4.79 Å². The van der Waals surface area contributed by atoms with Crippen LogP contribution in [0.1, 0.15) is 46.0 Å². The monoisotopic (exact) mass is 352 g/mol. The van der Waals surface area contributed by atoms with Gasteiger partial charge in [0.25, 0.3) is 0 Å². The number of halogens is 3. The van der Waals surface area contributed by atoms with Crippen LogP contribution >= 0.6 is 0 Å². The van der Waals surface area contributed by atoms with Crippen molar-refractivity contribution in [3.8, 4) is 0 Å². The molecule has 0 aliphatic carbocycles. The lowest BCUT2D eigenvalue weighted by molar-refractivity contribution is -0.192. The van der Waals surface area contributed by atoms with Gasteiger partial charge in [-0.05, 0) is 45.2 Å². The second-order valence-corrected chi connectivity index (χ2v) is 7.03. The van der Waals surface area contributed by atoms with E-state index in [1.165, 1.54) is 32.2 Å². The molecular formula is C16H27F3N2O3. The van der Waals surface area contributed by atoms with Crippen LogP contribution in [0.15, 0.2) is 0 Å². The minimum Gasteiger partial charge on any atom is -0.475 e. The minimum absolute atomic E-state index is 0.357. The Morgan fingerprint density at radius 1 is 1.12 bits per heavy atom. The summed E-state index contributed by atoms with van der Waals surface area (Å²) in [6.45, 7) is 7.41. The van der Waals surface area contributed by atoms with Gasteiger partial charge in [0.1, 0.15) is 0 Å². The highest BCUT2D eigenvalue weighted by Crippen LogP contribution is 2.37. The standard InChI is InChI=1S/C14H26N2O.C2HF3O2/c1-12(2)11-13(17)16-9-6-14(7-10-16)5-4-8-15(14)3;3-2(4,5)1(6)7/h12H,4-11H2,1-3H3;(H,6,7). The van der Waals surface area contributed by atoms with Gasteiger partial charge in [0.15, 0.2) is 0 Å². The lowest BCUT2D eigenvalue weighted by atomic mass is 9.85. The van der Waals surface area contributed by atoms with E-state index in [9.17, 15) is 18.0 Å². The summed E-state index contributed by atoms with van der Waals surface area (Å²) in [6.07, 6.45) is 0.635. The summed E-state index contributed by atoms with van der Waals surface area (Å²) >= 11 is 0. The third-order valence-electron chi connectivity index (χ3n) is 4.82. The van der Waals surface area contributed by atoms with Crippen molar-refractivity contribution < 1.29 is 27.9 Å². The van der Waals surface area contributed by atoms with E-state index in [1.54, 1.807) is 0 Å². The van der Waals surface area contributed by atoms with E-state index in [2.05, 4.69) is 30.7 Å². The molecule has 2 heterocycles. The van der Waals surface area contributed by atoms with Gasteiger partial charge in [0.2, 0.25) is 5.91 Å². The molecule has 0 aromatic rings. The molecule has 1 spiro atoms. The number of carboxylic acids is 1. The fourth-order valence-corrected chi connectivity index (χ4v) is 3.36. The van der Waals surface area contributed by atoms with Crippen molar-refractivity contribution in [1.82, 2.24) is 9.80 Å². The SMILES string of the molecule is CC(C)CC(=O)N1CCC2(CCCN2C)CC1.O=C(O)C(F)(F)F. The van der Waals surface area contributed by atoms with Crippen LogP contribution in [-0.4, -0.2) is 65.2 Å². The number of likely N-dealkylation sites (tertiary alicyclic amines) is 2. The number of hydrogen-bond acceptors (Lipinski definition) is 3. The van der Waals surface area contributed by atoms with Crippen molar-refractivity contribution in [2.24, 2.45) is 5.92 Å². The zero-order valence-corrected chi connectivity index (χ0v) is 14.5. The number of hydrogen-bond donors (Lipinski definition) is 1. The first-order valence-electron chi connectivity index (χ1n) is 8.27. The number of alkyl halides is 3. The molecule has 0 atom stereocenters. The third-order valence-corrected chi connectivity index (χ3v) is 4.82. The number of carbonyl (C=O) groups is 2. The Morgan fingerprint density at radius 2 is 1.62 bits per heavy atom. The van der Waals surface area contributed by atoms with Crippen LogP contribution in [0.4, 0.5) is 13.2 Å². The van der Waals surface area contributed by atoms with Gasteiger partial charge in [-0.1, -0.05) is 13.8 Å². The van der Waals surface area contributed by atoms with E-state index >= 15 is 0 Å². The Hall–Kier alpha value is -1.31. The fraction of sp³-hybridized carbons (Fsp3) is 0.875. The highest BCUT2D eigenvalue weighted by atomic mass is 19.4. The molecule has 0 bridgehead atoms. The lowest BCUT2D eigenvalue weighted by Gasteiger charge is -2.43. The molecule has 1 N–H and O–H groups in total. The van der Waals surface area contributed by atoms with Crippen LogP contribution in [0.5, 0.6) is 0 Å². The minimum atomic E-state index is -5.08. The van der Waals surface area contributed by atoms with Crippen molar-refractivity contribution in [2.75, 3.05) is 26.7 Å². The number of amides is 1. The number of nitrogens with zero attached hydrogens (tertiary/aromatic N) is 2. The summed E-state index contributed by atoms with van der Waals surface area (Å²) in [6, 6.07) is 0. The molecule has 2 aliphatic rings. The van der Waals surface area contributed by atoms with E-state index in [1.807, 2.05) is 0 Å². The van der Waals surface area contributed by atoms with E-state index in [-0.39, 0.29) is 0 Å². The maximum Gasteiger partial charge on any atom is 0.490 e. The quantitative estimate of drug-likeness (QED) is 0.830. The summed E-state index contributed by atoms with van der Waals surface area (Å²) in [5, 5.41) is 7.12. The lowest BCUT2D eigenvalue weighted by Crippen LogP contribution is -2.52. The smallest absolute Gasteiger partial charge is 0.475 e. The van der Waals surface area contributed by atoms with Crippen LogP contribution in [0.3, 0.4) is 0 Å². The van der Waals surface area contributed by atoms with E-state index in [4.69, 9.17) is 9.90 Å². The highest BCUT2D eigenvalue weighted by Gasteiger charge is 2.41. The number of rotatable bonds is 2. The van der Waals surface area contributed by atoms with Crippen molar-refractivity contribution in [2.45, 2.75) is 57.7 Å². The Morgan fingerprint density at radius 3 is 1.96 bits per heavy atom. The summed E-state index contributed by atoms with van der Waals surface area (Å²) < 4.78 is 31.7. The Kier molecular flexibility index (Phi) is 7.07.